The van der Waals surface area contributed by atoms with Crippen LogP contribution in [0, 0.1) is 5.92 Å². The van der Waals surface area contributed by atoms with Crippen LogP contribution in [-0.2, 0) is 0 Å². The van der Waals surface area contributed by atoms with Crippen molar-refractivity contribution in [1.29, 1.82) is 0 Å². The van der Waals surface area contributed by atoms with Gasteiger partial charge in [-0.3, -0.25) is 4.79 Å². The van der Waals surface area contributed by atoms with Crippen molar-refractivity contribution >= 4 is 17.5 Å². The fourth-order valence-corrected chi connectivity index (χ4v) is 4.31. The fraction of sp³-hybridized carbons (Fsp3) is 0.640. The molecule has 33 heavy (non-hydrogen) atoms. The molecule has 2 N–H and O–H groups in total. The summed E-state index contributed by atoms with van der Waals surface area (Å²) in [5.74, 6) is 0.0194. The van der Waals surface area contributed by atoms with Gasteiger partial charge in [-0.25, -0.2) is 9.78 Å². The Balaban J connectivity index is 1.95. The first-order chi connectivity index (χ1) is 15.7. The number of hydrogen-bond donors (Lipinski definition) is 2. The van der Waals surface area contributed by atoms with Crippen LogP contribution in [0.4, 0.5) is 4.79 Å². The highest BCUT2D eigenvalue weighted by atomic mass is 16.5. The predicted octanol–water partition coefficient (Wildman–Crippen LogP) is 3.31. The van der Waals surface area contributed by atoms with Gasteiger partial charge < -0.3 is 25.0 Å². The van der Waals surface area contributed by atoms with Gasteiger partial charge in [0.1, 0.15) is 11.7 Å². The van der Waals surface area contributed by atoms with Crippen LogP contribution in [0.1, 0.15) is 69.3 Å². The number of urea groups is 1. The van der Waals surface area contributed by atoms with E-state index in [2.05, 4.69) is 16.4 Å². The van der Waals surface area contributed by atoms with Gasteiger partial charge in [0.05, 0.1) is 19.2 Å². The standard InChI is InChI=1S/C25H38N4O4/c1-16(2)27-25(32)28(5)14-22-17(3)13-29(18(4)15-30)24(31)21-11-20(12-26-23(21)33-22)19-9-7-6-8-10-19/h9,11-12,16-18,22,30H,6-8,10,13-15H2,1-5H3,(H,27,32)/t17-,18+,22+/m1/s1. The minimum absolute atomic E-state index is 0.0315. The maximum absolute atomic E-state index is 13.5. The van der Waals surface area contributed by atoms with E-state index in [4.69, 9.17) is 4.74 Å². The number of carbonyl (C=O) groups is 2. The summed E-state index contributed by atoms with van der Waals surface area (Å²) in [6, 6.07) is 1.39. The Morgan fingerprint density at radius 3 is 2.76 bits per heavy atom. The number of nitrogens with one attached hydrogen (secondary N) is 1. The largest absolute Gasteiger partial charge is 0.472 e. The molecule has 0 bridgehead atoms. The summed E-state index contributed by atoms with van der Waals surface area (Å²) >= 11 is 0. The van der Waals surface area contributed by atoms with Crippen molar-refractivity contribution in [2.24, 2.45) is 5.92 Å². The smallest absolute Gasteiger partial charge is 0.317 e. The summed E-state index contributed by atoms with van der Waals surface area (Å²) in [6.45, 7) is 8.30. The second kappa shape index (κ2) is 11.0. The molecule has 2 heterocycles. The van der Waals surface area contributed by atoms with Gasteiger partial charge in [-0.15, -0.1) is 0 Å². The summed E-state index contributed by atoms with van der Waals surface area (Å²) in [5, 5.41) is 12.7. The number of likely N-dealkylation sites (N-methyl/N-ethyl adjacent to an activating group) is 1. The van der Waals surface area contributed by atoms with E-state index < -0.39 is 0 Å². The number of aromatic nitrogens is 1. The average molecular weight is 459 g/mol. The first-order valence-corrected chi connectivity index (χ1v) is 12.0. The molecule has 1 aromatic heterocycles. The normalized spacial score (nSPS) is 22.0. The molecule has 1 aliphatic carbocycles. The number of carbonyl (C=O) groups excluding carboxylic acids is 2. The van der Waals surface area contributed by atoms with Crippen molar-refractivity contribution in [3.05, 3.63) is 29.5 Å². The number of fused-ring (bicyclic) bond motifs is 1. The molecule has 0 unspecified atom stereocenters. The molecule has 1 aliphatic heterocycles. The zero-order valence-electron chi connectivity index (χ0n) is 20.5. The molecule has 2 aliphatic rings. The molecule has 0 aromatic carbocycles. The molecule has 0 spiro atoms. The van der Waals surface area contributed by atoms with Gasteiger partial charge in [0.2, 0.25) is 5.88 Å². The topological polar surface area (TPSA) is 95.0 Å². The van der Waals surface area contributed by atoms with E-state index in [0.717, 1.165) is 24.8 Å². The lowest BCUT2D eigenvalue weighted by Gasteiger charge is -2.37. The van der Waals surface area contributed by atoms with Crippen LogP contribution in [0.25, 0.3) is 5.57 Å². The molecular weight excluding hydrogens is 420 g/mol. The molecule has 3 atom stereocenters. The predicted molar refractivity (Wildman–Crippen MR) is 128 cm³/mol. The lowest BCUT2D eigenvalue weighted by atomic mass is 9.93. The summed E-state index contributed by atoms with van der Waals surface area (Å²) in [4.78, 5) is 33.9. The molecule has 8 nitrogen and oxygen atoms in total. The van der Waals surface area contributed by atoms with Crippen molar-refractivity contribution in [2.75, 3.05) is 26.7 Å². The summed E-state index contributed by atoms with van der Waals surface area (Å²) in [6.07, 6.45) is 7.97. The summed E-state index contributed by atoms with van der Waals surface area (Å²) < 4.78 is 6.29. The molecule has 182 valence electrons. The van der Waals surface area contributed by atoms with Crippen LogP contribution in [0.2, 0.25) is 0 Å². The van der Waals surface area contributed by atoms with Gasteiger partial charge in [-0.2, -0.15) is 0 Å². The van der Waals surface area contributed by atoms with Crippen molar-refractivity contribution < 1.29 is 19.4 Å². The molecule has 3 amide bonds. The second-order valence-electron chi connectivity index (χ2n) is 9.66. The van der Waals surface area contributed by atoms with Crippen LogP contribution in [0.15, 0.2) is 18.3 Å². The number of aliphatic hydroxyl groups excluding tert-OH is 1. The van der Waals surface area contributed by atoms with Crippen molar-refractivity contribution in [2.45, 2.75) is 71.6 Å². The highest BCUT2D eigenvalue weighted by Gasteiger charge is 2.35. The fourth-order valence-electron chi connectivity index (χ4n) is 4.31. The number of nitrogens with zero attached hydrogens (tertiary/aromatic N) is 3. The van der Waals surface area contributed by atoms with Gasteiger partial charge in [0, 0.05) is 31.7 Å². The maximum Gasteiger partial charge on any atom is 0.317 e. The molecular formula is C25H38N4O4. The number of ether oxygens (including phenoxy) is 1. The van der Waals surface area contributed by atoms with Crippen LogP contribution in [0.5, 0.6) is 5.88 Å². The van der Waals surface area contributed by atoms with E-state index in [-0.39, 0.29) is 48.5 Å². The van der Waals surface area contributed by atoms with Crippen LogP contribution < -0.4 is 10.1 Å². The van der Waals surface area contributed by atoms with Gasteiger partial charge >= 0.3 is 6.03 Å². The third kappa shape index (κ3) is 6.05. The van der Waals surface area contributed by atoms with Crippen molar-refractivity contribution in [3.8, 4) is 5.88 Å². The third-order valence-corrected chi connectivity index (χ3v) is 6.40. The average Bonchev–Trinajstić information content (AvgIpc) is 2.80. The number of rotatable bonds is 6. The molecule has 0 saturated carbocycles. The molecule has 0 radical (unpaired) electrons. The van der Waals surface area contributed by atoms with Crippen LogP contribution in [-0.4, -0.2) is 76.8 Å². The maximum atomic E-state index is 13.5. The van der Waals surface area contributed by atoms with E-state index in [0.29, 0.717) is 18.7 Å². The Kier molecular flexibility index (Phi) is 8.35. The molecule has 8 heteroatoms. The van der Waals surface area contributed by atoms with Gasteiger partial charge in [-0.1, -0.05) is 13.0 Å². The number of hydrogen-bond acceptors (Lipinski definition) is 5. The minimum Gasteiger partial charge on any atom is -0.472 e. The third-order valence-electron chi connectivity index (χ3n) is 6.40. The highest BCUT2D eigenvalue weighted by molar-refractivity contribution is 5.97. The number of allylic oxidation sites excluding steroid dienone is 2. The van der Waals surface area contributed by atoms with Crippen LogP contribution in [0.3, 0.4) is 0 Å². The monoisotopic (exact) mass is 458 g/mol. The first kappa shape index (κ1) is 25.0. The van der Waals surface area contributed by atoms with E-state index in [9.17, 15) is 14.7 Å². The lowest BCUT2D eigenvalue weighted by Crippen LogP contribution is -2.51. The van der Waals surface area contributed by atoms with Gasteiger partial charge in [0.15, 0.2) is 0 Å². The van der Waals surface area contributed by atoms with E-state index >= 15 is 0 Å². The Labute approximate surface area is 197 Å². The SMILES string of the molecule is CC(C)NC(=O)N(C)C[C@@H]1Oc2ncc(C3=CCCCC3)cc2C(=O)N([C@@H](C)CO)C[C@H]1C. The Morgan fingerprint density at radius 2 is 2.12 bits per heavy atom. The summed E-state index contributed by atoms with van der Waals surface area (Å²) in [5.41, 5.74) is 2.56. The van der Waals surface area contributed by atoms with Crippen LogP contribution >= 0.6 is 0 Å². The zero-order chi connectivity index (χ0) is 24.1. The Hall–Kier alpha value is -2.61. The second-order valence-corrected chi connectivity index (χ2v) is 9.66. The highest BCUT2D eigenvalue weighted by Crippen LogP contribution is 2.32. The van der Waals surface area contributed by atoms with E-state index in [1.807, 2.05) is 33.8 Å². The molecule has 0 saturated heterocycles. The number of pyridine rings is 1. The van der Waals surface area contributed by atoms with Gasteiger partial charge in [-0.05, 0) is 63.7 Å². The van der Waals surface area contributed by atoms with E-state index in [1.54, 1.807) is 23.0 Å². The minimum atomic E-state index is -0.361. The van der Waals surface area contributed by atoms with E-state index in [1.165, 1.54) is 12.0 Å². The summed E-state index contributed by atoms with van der Waals surface area (Å²) in [7, 11) is 1.73. The molecule has 3 rings (SSSR count). The lowest BCUT2D eigenvalue weighted by molar-refractivity contribution is 0.0351. The Bertz CT molecular complexity index is 885. The molecule has 0 fully saturated rings. The number of aliphatic hydroxyl groups is 1. The van der Waals surface area contributed by atoms with Crippen molar-refractivity contribution in [1.82, 2.24) is 20.1 Å². The first-order valence-electron chi connectivity index (χ1n) is 12.0. The molecule has 1 aromatic rings. The van der Waals surface area contributed by atoms with Gasteiger partial charge in [0.25, 0.3) is 5.91 Å². The Morgan fingerprint density at radius 1 is 1.36 bits per heavy atom. The van der Waals surface area contributed by atoms with Crippen molar-refractivity contribution in [3.63, 3.8) is 0 Å². The zero-order valence-corrected chi connectivity index (χ0v) is 20.5. The quantitative estimate of drug-likeness (QED) is 0.682. The number of amides is 3.